The number of para-hydroxylation sites is 2. The number of nitrogens with one attached hydrogen (secondary N) is 1. The van der Waals surface area contributed by atoms with E-state index in [0.717, 1.165) is 38.4 Å². The summed E-state index contributed by atoms with van der Waals surface area (Å²) >= 11 is 0. The zero-order valence-electron chi connectivity index (χ0n) is 15.5. The van der Waals surface area contributed by atoms with Crippen LogP contribution in [0.1, 0.15) is 11.1 Å². The van der Waals surface area contributed by atoms with Gasteiger partial charge in [-0.3, -0.25) is 19.8 Å². The Kier molecular flexibility index (Phi) is 6.94. The minimum Gasteiger partial charge on any atom is -0.477 e. The molecular weight excluding hydrogens is 362 g/mol. The fraction of sp³-hybridized carbons (Fsp3) is 0.350. The van der Waals surface area contributed by atoms with Crippen LogP contribution in [-0.2, 0) is 22.6 Å². The summed E-state index contributed by atoms with van der Waals surface area (Å²) in [5, 5.41) is 13.7. The van der Waals surface area contributed by atoms with Gasteiger partial charge in [0, 0.05) is 32.2 Å². The molecule has 3 rings (SSSR count). The lowest BCUT2D eigenvalue weighted by molar-refractivity contribution is -0.385. The molecule has 0 aromatic heterocycles. The van der Waals surface area contributed by atoms with E-state index in [4.69, 9.17) is 9.47 Å². The van der Waals surface area contributed by atoms with Gasteiger partial charge in [-0.05, 0) is 17.2 Å². The number of nitrogens with zero attached hydrogens (tertiary/aromatic N) is 2. The highest BCUT2D eigenvalue weighted by Crippen LogP contribution is 2.25. The van der Waals surface area contributed by atoms with Crippen molar-refractivity contribution >= 4 is 11.6 Å². The average Bonchev–Trinajstić information content (AvgIpc) is 2.72. The quantitative estimate of drug-likeness (QED) is 0.553. The van der Waals surface area contributed by atoms with E-state index in [2.05, 4.69) is 22.3 Å². The van der Waals surface area contributed by atoms with Crippen LogP contribution in [0.3, 0.4) is 0 Å². The Labute approximate surface area is 163 Å². The lowest BCUT2D eigenvalue weighted by Gasteiger charge is -2.26. The SMILES string of the molecule is O=C(COc1ccccc1[N+](=O)[O-])NCc1ccc(CN2CCOCC2)cc1. The van der Waals surface area contributed by atoms with Gasteiger partial charge in [-0.15, -0.1) is 0 Å². The molecule has 1 aliphatic rings. The molecule has 0 saturated carbocycles. The summed E-state index contributed by atoms with van der Waals surface area (Å²) in [5.74, 6) is -0.259. The Bertz CT molecular complexity index is 804. The largest absolute Gasteiger partial charge is 0.477 e. The van der Waals surface area contributed by atoms with E-state index < -0.39 is 4.92 Å². The molecule has 8 heteroatoms. The predicted octanol–water partition coefficient (Wildman–Crippen LogP) is 2.12. The third kappa shape index (κ3) is 5.77. The number of hydrogen-bond donors (Lipinski definition) is 1. The summed E-state index contributed by atoms with van der Waals surface area (Å²) in [4.78, 5) is 24.7. The molecule has 2 aromatic rings. The van der Waals surface area contributed by atoms with Gasteiger partial charge in [-0.2, -0.15) is 0 Å². The molecule has 0 unspecified atom stereocenters. The summed E-state index contributed by atoms with van der Waals surface area (Å²) in [6.45, 7) is 4.42. The molecule has 1 amide bonds. The van der Waals surface area contributed by atoms with Crippen LogP contribution in [0.4, 0.5) is 5.69 Å². The molecule has 2 aromatic carbocycles. The monoisotopic (exact) mass is 385 g/mol. The van der Waals surface area contributed by atoms with Gasteiger partial charge in [0.2, 0.25) is 0 Å². The molecule has 1 saturated heterocycles. The highest BCUT2D eigenvalue weighted by Gasteiger charge is 2.15. The normalized spacial score (nSPS) is 14.4. The zero-order chi connectivity index (χ0) is 19.8. The van der Waals surface area contributed by atoms with Crippen LogP contribution >= 0.6 is 0 Å². The van der Waals surface area contributed by atoms with Gasteiger partial charge in [0.05, 0.1) is 18.1 Å². The van der Waals surface area contributed by atoms with Crippen molar-refractivity contribution in [2.75, 3.05) is 32.9 Å². The van der Waals surface area contributed by atoms with Crippen molar-refractivity contribution in [2.45, 2.75) is 13.1 Å². The lowest BCUT2D eigenvalue weighted by atomic mass is 10.1. The fourth-order valence-corrected chi connectivity index (χ4v) is 2.91. The van der Waals surface area contributed by atoms with Crippen molar-refractivity contribution in [2.24, 2.45) is 0 Å². The summed E-state index contributed by atoms with van der Waals surface area (Å²) in [6, 6.07) is 14.1. The lowest BCUT2D eigenvalue weighted by Crippen LogP contribution is -2.35. The number of ether oxygens (including phenoxy) is 2. The smallest absolute Gasteiger partial charge is 0.310 e. The number of morpholine rings is 1. The van der Waals surface area contributed by atoms with Gasteiger partial charge in [-0.1, -0.05) is 36.4 Å². The molecular formula is C20H23N3O5. The maximum atomic E-state index is 12.0. The Hall–Kier alpha value is -2.97. The topological polar surface area (TPSA) is 93.9 Å². The van der Waals surface area contributed by atoms with E-state index in [9.17, 15) is 14.9 Å². The van der Waals surface area contributed by atoms with Gasteiger partial charge in [0.15, 0.2) is 12.4 Å². The summed E-state index contributed by atoms with van der Waals surface area (Å²) in [5.41, 5.74) is 2.03. The number of carbonyl (C=O) groups excluding carboxylic acids is 1. The number of hydrogen-bond acceptors (Lipinski definition) is 6. The number of nitro groups is 1. The van der Waals surface area contributed by atoms with Gasteiger partial charge in [0.1, 0.15) is 0 Å². The molecule has 148 valence electrons. The van der Waals surface area contributed by atoms with Crippen molar-refractivity contribution in [1.82, 2.24) is 10.2 Å². The van der Waals surface area contributed by atoms with E-state index in [1.807, 2.05) is 12.1 Å². The molecule has 1 aliphatic heterocycles. The number of rotatable bonds is 8. The second-order valence-corrected chi connectivity index (χ2v) is 6.50. The number of carbonyl (C=O) groups is 1. The van der Waals surface area contributed by atoms with E-state index in [1.165, 1.54) is 17.7 Å². The summed E-state index contributed by atoms with van der Waals surface area (Å²) < 4.78 is 10.6. The first-order chi connectivity index (χ1) is 13.6. The molecule has 1 fully saturated rings. The van der Waals surface area contributed by atoms with E-state index >= 15 is 0 Å². The van der Waals surface area contributed by atoms with Crippen molar-refractivity contribution in [1.29, 1.82) is 0 Å². The third-order valence-electron chi connectivity index (χ3n) is 4.44. The van der Waals surface area contributed by atoms with Crippen molar-refractivity contribution in [3.05, 3.63) is 69.8 Å². The minimum absolute atomic E-state index is 0.0788. The van der Waals surface area contributed by atoms with Crippen molar-refractivity contribution in [3.8, 4) is 5.75 Å². The highest BCUT2D eigenvalue weighted by atomic mass is 16.6. The maximum absolute atomic E-state index is 12.0. The van der Waals surface area contributed by atoms with Gasteiger partial charge >= 0.3 is 5.69 Å². The van der Waals surface area contributed by atoms with Crippen molar-refractivity contribution < 1.29 is 19.2 Å². The zero-order valence-corrected chi connectivity index (χ0v) is 15.5. The first kappa shape index (κ1) is 19.8. The van der Waals surface area contributed by atoms with Crippen molar-refractivity contribution in [3.63, 3.8) is 0 Å². The van der Waals surface area contributed by atoms with Crippen LogP contribution < -0.4 is 10.1 Å². The number of benzene rings is 2. The first-order valence-corrected chi connectivity index (χ1v) is 9.12. The first-order valence-electron chi connectivity index (χ1n) is 9.12. The molecule has 0 aliphatic carbocycles. The van der Waals surface area contributed by atoms with E-state index in [1.54, 1.807) is 12.1 Å². The van der Waals surface area contributed by atoms with Crippen LogP contribution in [0.5, 0.6) is 5.75 Å². The Morgan fingerprint density at radius 2 is 1.79 bits per heavy atom. The molecule has 0 atom stereocenters. The van der Waals surface area contributed by atoms with Gasteiger partial charge < -0.3 is 14.8 Å². The third-order valence-corrected chi connectivity index (χ3v) is 4.44. The number of amides is 1. The predicted molar refractivity (Wildman–Crippen MR) is 103 cm³/mol. The maximum Gasteiger partial charge on any atom is 0.310 e. The second kappa shape index (κ2) is 9.82. The second-order valence-electron chi connectivity index (χ2n) is 6.50. The van der Waals surface area contributed by atoms with Crippen LogP contribution in [0.2, 0.25) is 0 Å². The molecule has 1 heterocycles. The molecule has 0 spiro atoms. The van der Waals surface area contributed by atoms with E-state index in [-0.39, 0.29) is 24.0 Å². The van der Waals surface area contributed by atoms with Crippen LogP contribution in [0, 0.1) is 10.1 Å². The summed E-state index contributed by atoms with van der Waals surface area (Å²) in [7, 11) is 0. The fourth-order valence-electron chi connectivity index (χ4n) is 2.91. The average molecular weight is 385 g/mol. The standard InChI is InChI=1S/C20H23N3O5/c24-20(15-28-19-4-2-1-3-18(19)23(25)26)21-13-16-5-7-17(8-6-16)14-22-9-11-27-12-10-22/h1-8H,9-15H2,(H,21,24). The van der Waals surface area contributed by atoms with Gasteiger partial charge in [0.25, 0.3) is 5.91 Å². The van der Waals surface area contributed by atoms with Crippen LogP contribution in [0.15, 0.2) is 48.5 Å². The molecule has 28 heavy (non-hydrogen) atoms. The molecule has 0 bridgehead atoms. The number of nitro benzene ring substituents is 1. The van der Waals surface area contributed by atoms with E-state index in [0.29, 0.717) is 6.54 Å². The van der Waals surface area contributed by atoms with Crippen LogP contribution in [0.25, 0.3) is 0 Å². The Morgan fingerprint density at radius 3 is 2.50 bits per heavy atom. The molecule has 0 radical (unpaired) electrons. The molecule has 1 N–H and O–H groups in total. The molecule has 8 nitrogen and oxygen atoms in total. The Morgan fingerprint density at radius 1 is 1.11 bits per heavy atom. The van der Waals surface area contributed by atoms with Crippen LogP contribution in [-0.4, -0.2) is 48.6 Å². The Balaban J connectivity index is 1.43. The minimum atomic E-state index is -0.536. The van der Waals surface area contributed by atoms with Gasteiger partial charge in [-0.25, -0.2) is 0 Å². The summed E-state index contributed by atoms with van der Waals surface area (Å²) in [6.07, 6.45) is 0. The highest BCUT2D eigenvalue weighted by molar-refractivity contribution is 5.77.